The standard InChI is InChI=1S/C22H16N2O4/c25-20(17-10-9-15-5-1-2-6-16(15)11-17)13-28-21(26)12-24-14-23-19-8-4-3-7-18(19)22(24)27/h1-11,14H,12-13H2. The second-order valence-electron chi connectivity index (χ2n) is 6.34. The SMILES string of the molecule is O=C(Cn1cnc2ccccc2c1=O)OCC(=O)c1ccc2ccccc2c1. The van der Waals surface area contributed by atoms with Gasteiger partial charge in [0.1, 0.15) is 6.54 Å². The first kappa shape index (κ1) is 17.6. The van der Waals surface area contributed by atoms with Crippen LogP contribution in [0.4, 0.5) is 0 Å². The number of ketones is 1. The predicted molar refractivity (Wildman–Crippen MR) is 105 cm³/mol. The number of hydrogen-bond donors (Lipinski definition) is 0. The van der Waals surface area contributed by atoms with Crippen LogP contribution in [0.5, 0.6) is 0 Å². The van der Waals surface area contributed by atoms with Crippen LogP contribution in [0.15, 0.2) is 77.9 Å². The maximum atomic E-state index is 12.4. The van der Waals surface area contributed by atoms with E-state index >= 15 is 0 Å². The minimum atomic E-state index is -0.673. The number of nitrogens with zero attached hydrogens (tertiary/aromatic N) is 2. The quantitative estimate of drug-likeness (QED) is 0.398. The molecule has 1 heterocycles. The van der Waals surface area contributed by atoms with Crippen molar-refractivity contribution < 1.29 is 14.3 Å². The Labute approximate surface area is 160 Å². The van der Waals surface area contributed by atoms with E-state index in [9.17, 15) is 14.4 Å². The molecule has 0 amide bonds. The van der Waals surface area contributed by atoms with Crippen LogP contribution in [0.2, 0.25) is 0 Å². The van der Waals surface area contributed by atoms with Gasteiger partial charge < -0.3 is 4.74 Å². The summed E-state index contributed by atoms with van der Waals surface area (Å²) in [6, 6.07) is 19.9. The monoisotopic (exact) mass is 372 g/mol. The van der Waals surface area contributed by atoms with Gasteiger partial charge in [-0.05, 0) is 29.0 Å². The molecule has 0 saturated heterocycles. The molecule has 6 nitrogen and oxygen atoms in total. The minimum absolute atomic E-state index is 0.303. The second-order valence-corrected chi connectivity index (χ2v) is 6.34. The summed E-state index contributed by atoms with van der Waals surface area (Å²) in [6.07, 6.45) is 1.30. The summed E-state index contributed by atoms with van der Waals surface area (Å²) in [4.78, 5) is 41.0. The number of fused-ring (bicyclic) bond motifs is 2. The van der Waals surface area contributed by atoms with Crippen LogP contribution < -0.4 is 5.56 Å². The van der Waals surface area contributed by atoms with Gasteiger partial charge in [-0.2, -0.15) is 0 Å². The molecule has 1 aromatic heterocycles. The van der Waals surface area contributed by atoms with Gasteiger partial charge in [-0.15, -0.1) is 0 Å². The van der Waals surface area contributed by atoms with Crippen LogP contribution in [0.1, 0.15) is 10.4 Å². The average molecular weight is 372 g/mol. The third-order valence-electron chi connectivity index (χ3n) is 4.47. The smallest absolute Gasteiger partial charge is 0.326 e. The van der Waals surface area contributed by atoms with Crippen molar-refractivity contribution in [3.63, 3.8) is 0 Å². The van der Waals surface area contributed by atoms with Gasteiger partial charge in [0.05, 0.1) is 17.2 Å². The Morgan fingerprint density at radius 3 is 2.54 bits per heavy atom. The van der Waals surface area contributed by atoms with Crippen molar-refractivity contribution in [1.82, 2.24) is 9.55 Å². The fourth-order valence-corrected chi connectivity index (χ4v) is 3.00. The largest absolute Gasteiger partial charge is 0.456 e. The lowest BCUT2D eigenvalue weighted by Crippen LogP contribution is -2.26. The number of Topliss-reactive ketones (excluding diaryl/α,β-unsaturated/α-hetero) is 1. The van der Waals surface area contributed by atoms with E-state index < -0.39 is 5.97 Å². The van der Waals surface area contributed by atoms with Gasteiger partial charge in [0.15, 0.2) is 12.4 Å². The maximum Gasteiger partial charge on any atom is 0.326 e. The number of esters is 1. The zero-order valence-corrected chi connectivity index (χ0v) is 14.9. The zero-order chi connectivity index (χ0) is 19.5. The third-order valence-corrected chi connectivity index (χ3v) is 4.47. The molecular formula is C22H16N2O4. The molecule has 0 unspecified atom stereocenters. The van der Waals surface area contributed by atoms with Gasteiger partial charge in [0.25, 0.3) is 5.56 Å². The summed E-state index contributed by atoms with van der Waals surface area (Å²) in [7, 11) is 0. The number of aromatic nitrogens is 2. The molecule has 0 N–H and O–H groups in total. The zero-order valence-electron chi connectivity index (χ0n) is 14.9. The number of hydrogen-bond acceptors (Lipinski definition) is 5. The number of benzene rings is 3. The highest BCUT2D eigenvalue weighted by molar-refractivity contribution is 6.01. The van der Waals surface area contributed by atoms with E-state index in [1.54, 1.807) is 36.4 Å². The Bertz CT molecular complexity index is 1260. The van der Waals surface area contributed by atoms with E-state index in [1.807, 2.05) is 30.3 Å². The molecule has 0 aliphatic rings. The maximum absolute atomic E-state index is 12.4. The molecular weight excluding hydrogens is 356 g/mol. The molecule has 0 bridgehead atoms. The second kappa shape index (κ2) is 7.44. The van der Waals surface area contributed by atoms with E-state index in [1.165, 1.54) is 10.9 Å². The summed E-state index contributed by atoms with van der Waals surface area (Å²) in [5, 5.41) is 2.39. The first-order chi connectivity index (χ1) is 13.6. The lowest BCUT2D eigenvalue weighted by Gasteiger charge is -2.08. The first-order valence-electron chi connectivity index (χ1n) is 8.73. The number of carbonyl (C=O) groups is 2. The van der Waals surface area contributed by atoms with E-state index in [2.05, 4.69) is 4.98 Å². The highest BCUT2D eigenvalue weighted by Gasteiger charge is 2.13. The molecule has 138 valence electrons. The molecule has 0 radical (unpaired) electrons. The molecule has 0 fully saturated rings. The predicted octanol–water partition coefficient (Wildman–Crippen LogP) is 2.98. The minimum Gasteiger partial charge on any atom is -0.456 e. The summed E-state index contributed by atoms with van der Waals surface area (Å²) in [6.45, 7) is -0.686. The van der Waals surface area contributed by atoms with Crippen LogP contribution in [0, 0.1) is 0 Å². The van der Waals surface area contributed by atoms with E-state index in [4.69, 9.17) is 4.74 Å². The highest BCUT2D eigenvalue weighted by Crippen LogP contribution is 2.16. The number of para-hydroxylation sites is 1. The van der Waals surface area contributed by atoms with Gasteiger partial charge in [0.2, 0.25) is 0 Å². The van der Waals surface area contributed by atoms with E-state index in [0.29, 0.717) is 16.5 Å². The van der Waals surface area contributed by atoms with Crippen LogP contribution >= 0.6 is 0 Å². The third kappa shape index (κ3) is 3.53. The van der Waals surface area contributed by atoms with Crippen LogP contribution in [0.3, 0.4) is 0 Å². The van der Waals surface area contributed by atoms with Gasteiger partial charge in [-0.1, -0.05) is 48.5 Å². The normalized spacial score (nSPS) is 10.9. The molecule has 28 heavy (non-hydrogen) atoms. The highest BCUT2D eigenvalue weighted by atomic mass is 16.5. The molecule has 0 atom stereocenters. The lowest BCUT2D eigenvalue weighted by molar-refractivity contribution is -0.143. The fraction of sp³-hybridized carbons (Fsp3) is 0.0909. The molecule has 0 spiro atoms. The average Bonchev–Trinajstić information content (AvgIpc) is 2.74. The molecule has 3 aromatic carbocycles. The van der Waals surface area contributed by atoms with E-state index in [-0.39, 0.29) is 24.5 Å². The Morgan fingerprint density at radius 1 is 0.929 bits per heavy atom. The van der Waals surface area contributed by atoms with Crippen LogP contribution in [-0.2, 0) is 16.1 Å². The van der Waals surface area contributed by atoms with Gasteiger partial charge in [-0.25, -0.2) is 4.98 Å². The van der Waals surface area contributed by atoms with Gasteiger partial charge >= 0.3 is 5.97 Å². The molecule has 0 aliphatic heterocycles. The number of carbonyl (C=O) groups excluding carboxylic acids is 2. The van der Waals surface area contributed by atoms with Crippen molar-refractivity contribution >= 4 is 33.4 Å². The van der Waals surface area contributed by atoms with Crippen molar-refractivity contribution in [1.29, 1.82) is 0 Å². The van der Waals surface area contributed by atoms with Crippen molar-refractivity contribution in [3.8, 4) is 0 Å². The Hall–Kier alpha value is -3.80. The molecule has 4 aromatic rings. The number of rotatable bonds is 5. The van der Waals surface area contributed by atoms with Crippen LogP contribution in [0.25, 0.3) is 21.7 Å². The Balaban J connectivity index is 1.43. The Kier molecular flexibility index (Phi) is 4.68. The van der Waals surface area contributed by atoms with Gasteiger partial charge in [-0.3, -0.25) is 19.0 Å². The lowest BCUT2D eigenvalue weighted by atomic mass is 10.0. The molecule has 6 heteroatoms. The summed E-state index contributed by atoms with van der Waals surface area (Å²) >= 11 is 0. The summed E-state index contributed by atoms with van der Waals surface area (Å²) in [5.41, 5.74) is 0.697. The van der Waals surface area contributed by atoms with Crippen molar-refractivity contribution in [2.45, 2.75) is 6.54 Å². The fourth-order valence-electron chi connectivity index (χ4n) is 3.00. The molecule has 4 rings (SSSR count). The Morgan fingerprint density at radius 2 is 1.68 bits per heavy atom. The van der Waals surface area contributed by atoms with Crippen molar-refractivity contribution in [2.75, 3.05) is 6.61 Å². The first-order valence-corrected chi connectivity index (χ1v) is 8.73. The summed E-state index contributed by atoms with van der Waals surface area (Å²) < 4.78 is 6.24. The van der Waals surface area contributed by atoms with Crippen molar-refractivity contribution in [3.05, 3.63) is 89.0 Å². The van der Waals surface area contributed by atoms with E-state index in [0.717, 1.165) is 10.8 Å². The van der Waals surface area contributed by atoms with Crippen LogP contribution in [-0.4, -0.2) is 27.9 Å². The number of ether oxygens (including phenoxy) is 1. The molecule has 0 saturated carbocycles. The summed E-state index contributed by atoms with van der Waals surface area (Å²) in [5.74, 6) is -0.976. The molecule has 0 aliphatic carbocycles. The van der Waals surface area contributed by atoms with Gasteiger partial charge in [0, 0.05) is 5.56 Å². The topological polar surface area (TPSA) is 78.3 Å². The van der Waals surface area contributed by atoms with Crippen molar-refractivity contribution in [2.24, 2.45) is 0 Å².